The molecule has 1 saturated carbocycles. The first-order valence-corrected chi connectivity index (χ1v) is 8.12. The largest absolute Gasteiger partial charge is 0.326 e. The summed E-state index contributed by atoms with van der Waals surface area (Å²) in [5.41, 5.74) is 1.23. The van der Waals surface area contributed by atoms with E-state index in [-0.39, 0.29) is 11.8 Å². The van der Waals surface area contributed by atoms with Crippen molar-refractivity contribution >= 4 is 23.4 Å². The lowest BCUT2D eigenvalue weighted by Gasteiger charge is -2.23. The summed E-state index contributed by atoms with van der Waals surface area (Å²) in [4.78, 5) is 13.5. The van der Waals surface area contributed by atoms with Crippen molar-refractivity contribution in [1.82, 2.24) is 5.32 Å². The van der Waals surface area contributed by atoms with Crippen LogP contribution in [0.1, 0.15) is 19.3 Å². The lowest BCUT2D eigenvalue weighted by Crippen LogP contribution is -2.31. The van der Waals surface area contributed by atoms with Gasteiger partial charge in [0.1, 0.15) is 0 Å². The SMILES string of the molecule is CSc1ccc(NC(=O)[C@@H]2CC23CCNCC3)cc1. The fourth-order valence-electron chi connectivity index (χ4n) is 3.10. The van der Waals surface area contributed by atoms with Gasteiger partial charge in [-0.3, -0.25) is 4.79 Å². The second kappa shape index (κ2) is 5.17. The van der Waals surface area contributed by atoms with Crippen LogP contribution in [0.4, 0.5) is 5.69 Å². The Balaban J connectivity index is 1.59. The summed E-state index contributed by atoms with van der Waals surface area (Å²) in [5.74, 6) is 0.439. The van der Waals surface area contributed by atoms with Gasteiger partial charge in [-0.15, -0.1) is 11.8 Å². The summed E-state index contributed by atoms with van der Waals surface area (Å²) in [6.07, 6.45) is 5.43. The van der Waals surface area contributed by atoms with Gasteiger partial charge in [0.15, 0.2) is 0 Å². The zero-order chi connectivity index (χ0) is 13.3. The van der Waals surface area contributed by atoms with Gasteiger partial charge in [-0.25, -0.2) is 0 Å². The molecular weight excluding hydrogens is 256 g/mol. The van der Waals surface area contributed by atoms with E-state index in [1.54, 1.807) is 11.8 Å². The van der Waals surface area contributed by atoms with E-state index in [1.807, 2.05) is 24.3 Å². The average Bonchev–Trinajstić information content (AvgIpc) is 3.14. The van der Waals surface area contributed by atoms with Crippen molar-refractivity contribution in [3.05, 3.63) is 24.3 Å². The highest BCUT2D eigenvalue weighted by atomic mass is 32.2. The van der Waals surface area contributed by atoms with E-state index in [0.717, 1.165) is 38.0 Å². The maximum Gasteiger partial charge on any atom is 0.228 e. The molecule has 102 valence electrons. The van der Waals surface area contributed by atoms with E-state index in [4.69, 9.17) is 0 Å². The number of benzene rings is 1. The molecule has 1 atom stereocenters. The van der Waals surface area contributed by atoms with Crippen LogP contribution in [0.5, 0.6) is 0 Å². The van der Waals surface area contributed by atoms with Crippen LogP contribution in [0, 0.1) is 11.3 Å². The first kappa shape index (κ1) is 13.0. The summed E-state index contributed by atoms with van der Waals surface area (Å²) in [6, 6.07) is 8.07. The predicted octanol–water partition coefficient (Wildman–Crippen LogP) is 2.74. The highest BCUT2D eigenvalue weighted by Gasteiger charge is 2.57. The van der Waals surface area contributed by atoms with Gasteiger partial charge in [0.05, 0.1) is 0 Å². The molecule has 2 N–H and O–H groups in total. The molecule has 1 aliphatic heterocycles. The molecule has 2 aliphatic rings. The van der Waals surface area contributed by atoms with E-state index < -0.39 is 0 Å². The molecule has 3 nitrogen and oxygen atoms in total. The molecule has 3 rings (SSSR count). The number of hydrogen-bond donors (Lipinski definition) is 2. The van der Waals surface area contributed by atoms with Crippen molar-refractivity contribution in [2.45, 2.75) is 24.2 Å². The normalized spacial score (nSPS) is 24.2. The number of rotatable bonds is 3. The van der Waals surface area contributed by atoms with Gasteiger partial charge in [0, 0.05) is 16.5 Å². The van der Waals surface area contributed by atoms with Crippen LogP contribution < -0.4 is 10.6 Å². The third-order valence-corrected chi connectivity index (χ3v) is 5.21. The molecule has 1 aliphatic carbocycles. The maximum atomic E-state index is 12.3. The zero-order valence-corrected chi connectivity index (χ0v) is 12.1. The van der Waals surface area contributed by atoms with Gasteiger partial charge >= 0.3 is 0 Å². The molecular formula is C15H20N2OS. The van der Waals surface area contributed by atoms with Gasteiger partial charge < -0.3 is 10.6 Å². The number of hydrogen-bond acceptors (Lipinski definition) is 3. The van der Waals surface area contributed by atoms with Crippen LogP contribution >= 0.6 is 11.8 Å². The third-order valence-electron chi connectivity index (χ3n) is 4.46. The molecule has 1 saturated heterocycles. The van der Waals surface area contributed by atoms with Crippen LogP contribution in [-0.4, -0.2) is 25.3 Å². The summed E-state index contributed by atoms with van der Waals surface area (Å²) >= 11 is 1.71. The second-order valence-electron chi connectivity index (χ2n) is 5.59. The fraction of sp³-hybridized carbons (Fsp3) is 0.533. The lowest BCUT2D eigenvalue weighted by atomic mass is 9.92. The summed E-state index contributed by atoms with van der Waals surface area (Å²) in [5, 5.41) is 6.43. The third kappa shape index (κ3) is 2.65. The van der Waals surface area contributed by atoms with Crippen LogP contribution in [0.25, 0.3) is 0 Å². The Morgan fingerprint density at radius 2 is 2.00 bits per heavy atom. The standard InChI is InChI=1S/C15H20N2OS/c1-19-12-4-2-11(3-5-12)17-14(18)13-10-15(13)6-8-16-9-7-15/h2-5,13,16H,6-10H2,1H3,(H,17,18)/t13-/m0/s1. The van der Waals surface area contributed by atoms with Crippen molar-refractivity contribution in [2.75, 3.05) is 24.7 Å². The molecule has 1 aromatic carbocycles. The predicted molar refractivity (Wildman–Crippen MR) is 79.5 cm³/mol. The van der Waals surface area contributed by atoms with E-state index >= 15 is 0 Å². The van der Waals surface area contributed by atoms with Crippen LogP contribution in [-0.2, 0) is 4.79 Å². The molecule has 1 aromatic rings. The van der Waals surface area contributed by atoms with Gasteiger partial charge in [-0.05, 0) is 68.3 Å². The summed E-state index contributed by atoms with van der Waals surface area (Å²) < 4.78 is 0. The van der Waals surface area contributed by atoms with Crippen LogP contribution in [0.2, 0.25) is 0 Å². The first-order valence-electron chi connectivity index (χ1n) is 6.89. The highest BCUT2D eigenvalue weighted by molar-refractivity contribution is 7.98. The number of nitrogens with one attached hydrogen (secondary N) is 2. The number of anilines is 1. The molecule has 1 spiro atoms. The molecule has 19 heavy (non-hydrogen) atoms. The van der Waals surface area contributed by atoms with Crippen molar-refractivity contribution < 1.29 is 4.79 Å². The number of piperidine rings is 1. The molecule has 0 unspecified atom stereocenters. The Morgan fingerprint density at radius 3 is 2.63 bits per heavy atom. The van der Waals surface area contributed by atoms with Gasteiger partial charge in [-0.1, -0.05) is 0 Å². The quantitative estimate of drug-likeness (QED) is 0.834. The van der Waals surface area contributed by atoms with E-state index in [9.17, 15) is 4.79 Å². The van der Waals surface area contributed by atoms with E-state index in [2.05, 4.69) is 16.9 Å². The Morgan fingerprint density at radius 1 is 1.32 bits per heavy atom. The lowest BCUT2D eigenvalue weighted by molar-refractivity contribution is -0.118. The Kier molecular flexibility index (Phi) is 3.54. The Labute approximate surface area is 118 Å². The fourth-order valence-corrected chi connectivity index (χ4v) is 3.51. The van der Waals surface area contributed by atoms with Crippen molar-refractivity contribution in [1.29, 1.82) is 0 Å². The number of amides is 1. The molecule has 0 aromatic heterocycles. The summed E-state index contributed by atoms with van der Waals surface area (Å²) in [7, 11) is 0. The number of carbonyl (C=O) groups is 1. The van der Waals surface area contributed by atoms with Gasteiger partial charge in [-0.2, -0.15) is 0 Å². The monoisotopic (exact) mass is 276 g/mol. The molecule has 0 bridgehead atoms. The molecule has 1 heterocycles. The second-order valence-corrected chi connectivity index (χ2v) is 6.47. The average molecular weight is 276 g/mol. The maximum absolute atomic E-state index is 12.3. The van der Waals surface area contributed by atoms with E-state index in [1.165, 1.54) is 4.90 Å². The minimum atomic E-state index is 0.207. The molecule has 1 amide bonds. The van der Waals surface area contributed by atoms with Gasteiger partial charge in [0.2, 0.25) is 5.91 Å². The Bertz CT molecular complexity index is 466. The first-order chi connectivity index (χ1) is 9.23. The highest BCUT2D eigenvalue weighted by Crippen LogP contribution is 2.58. The molecule has 0 radical (unpaired) electrons. The van der Waals surface area contributed by atoms with Crippen molar-refractivity contribution in [3.63, 3.8) is 0 Å². The number of carbonyl (C=O) groups excluding carboxylic acids is 1. The molecule has 2 fully saturated rings. The van der Waals surface area contributed by atoms with Crippen LogP contribution in [0.15, 0.2) is 29.2 Å². The minimum absolute atomic E-state index is 0.207. The Hall–Kier alpha value is -1.00. The zero-order valence-electron chi connectivity index (χ0n) is 11.2. The topological polar surface area (TPSA) is 41.1 Å². The van der Waals surface area contributed by atoms with Gasteiger partial charge in [0.25, 0.3) is 0 Å². The molecule has 4 heteroatoms. The van der Waals surface area contributed by atoms with E-state index in [0.29, 0.717) is 5.41 Å². The number of thioether (sulfide) groups is 1. The summed E-state index contributed by atoms with van der Waals surface area (Å²) in [6.45, 7) is 2.12. The smallest absolute Gasteiger partial charge is 0.228 e. The minimum Gasteiger partial charge on any atom is -0.326 e. The van der Waals surface area contributed by atoms with Crippen molar-refractivity contribution in [2.24, 2.45) is 11.3 Å². The van der Waals surface area contributed by atoms with Crippen LogP contribution in [0.3, 0.4) is 0 Å². The van der Waals surface area contributed by atoms with Crippen molar-refractivity contribution in [3.8, 4) is 0 Å².